The second-order valence-corrected chi connectivity index (χ2v) is 11.1. The second-order valence-electron chi connectivity index (χ2n) is 11.1. The van der Waals surface area contributed by atoms with Crippen molar-refractivity contribution >= 4 is 45.3 Å². The maximum Gasteiger partial charge on any atom is 0.320 e. The number of hydrogen-bond donors (Lipinski definition) is 0. The first-order valence-corrected chi connectivity index (χ1v) is 14.0. The molecule has 1 aromatic carbocycles. The fourth-order valence-electron chi connectivity index (χ4n) is 6.67. The van der Waals surface area contributed by atoms with Crippen LogP contribution in [0, 0.1) is 11.7 Å². The Morgan fingerprint density at radius 1 is 1.02 bits per heavy atom. The van der Waals surface area contributed by atoms with Gasteiger partial charge in [0.15, 0.2) is 11.6 Å². The number of benzene rings is 1. The van der Waals surface area contributed by atoms with E-state index in [4.69, 9.17) is 0 Å². The summed E-state index contributed by atoms with van der Waals surface area (Å²) in [7, 11) is 0. The van der Waals surface area contributed by atoms with Gasteiger partial charge in [0.05, 0.1) is 29.4 Å². The van der Waals surface area contributed by atoms with Crippen molar-refractivity contribution in [3.63, 3.8) is 0 Å². The minimum Gasteiger partial charge on any atom is -0.345 e. The summed E-state index contributed by atoms with van der Waals surface area (Å²) in [5.74, 6) is -0.313. The monoisotopic (exact) mass is 539 g/mol. The molecule has 1 fully saturated rings. The first-order chi connectivity index (χ1) is 19.4. The van der Waals surface area contributed by atoms with Gasteiger partial charge in [0, 0.05) is 61.6 Å². The number of imidazole rings is 1. The van der Waals surface area contributed by atoms with Gasteiger partial charge in [-0.25, -0.2) is 14.2 Å². The minimum absolute atomic E-state index is 0.00730. The van der Waals surface area contributed by atoms with Gasteiger partial charge in [-0.2, -0.15) is 0 Å². The molecule has 2 aliphatic heterocycles. The van der Waals surface area contributed by atoms with Crippen molar-refractivity contribution in [1.82, 2.24) is 23.8 Å². The van der Waals surface area contributed by atoms with Crippen molar-refractivity contribution in [2.45, 2.75) is 45.7 Å². The minimum atomic E-state index is -0.437. The van der Waals surface area contributed by atoms with Crippen LogP contribution in [-0.4, -0.2) is 61.0 Å². The molecule has 0 unspecified atom stereocenters. The van der Waals surface area contributed by atoms with Crippen molar-refractivity contribution in [3.05, 3.63) is 71.6 Å². The molecule has 1 aliphatic carbocycles. The highest BCUT2D eigenvalue weighted by molar-refractivity contribution is 6.51. The van der Waals surface area contributed by atoms with Crippen LogP contribution in [-0.2, 0) is 22.7 Å². The quantitative estimate of drug-likeness (QED) is 0.346. The first-order valence-electron chi connectivity index (χ1n) is 14.0. The lowest BCUT2D eigenvalue weighted by Gasteiger charge is -2.35. The lowest BCUT2D eigenvalue weighted by atomic mass is 9.95. The van der Waals surface area contributed by atoms with Crippen LogP contribution in [0.25, 0.3) is 27.7 Å². The Morgan fingerprint density at radius 2 is 1.82 bits per heavy atom. The third-order valence-electron chi connectivity index (χ3n) is 8.79. The number of aromatic nitrogens is 3. The van der Waals surface area contributed by atoms with Crippen LogP contribution in [0.4, 0.5) is 9.18 Å². The Hall–Kier alpha value is -4.27. The van der Waals surface area contributed by atoms with E-state index in [1.54, 1.807) is 15.5 Å². The number of ketones is 2. The molecule has 4 aromatic rings. The van der Waals surface area contributed by atoms with Crippen LogP contribution in [0.2, 0.25) is 0 Å². The van der Waals surface area contributed by atoms with Crippen LogP contribution in [0.5, 0.6) is 0 Å². The zero-order valence-electron chi connectivity index (χ0n) is 22.4. The highest BCUT2D eigenvalue weighted by Gasteiger charge is 2.36. The highest BCUT2D eigenvalue weighted by Crippen LogP contribution is 2.41. The zero-order chi connectivity index (χ0) is 27.5. The average molecular weight is 540 g/mol. The number of rotatable bonds is 3. The average Bonchev–Trinajstić information content (AvgIpc) is 3.58. The number of piperidine rings is 1. The first kappa shape index (κ1) is 24.7. The number of nitrogens with zero attached hydrogens (tertiary/aromatic N) is 5. The molecule has 0 bridgehead atoms. The summed E-state index contributed by atoms with van der Waals surface area (Å²) in [5, 5.41) is 0.581. The van der Waals surface area contributed by atoms with Gasteiger partial charge >= 0.3 is 6.03 Å². The third kappa shape index (κ3) is 3.86. The number of carbonyl (C=O) groups is 3. The van der Waals surface area contributed by atoms with E-state index in [0.717, 1.165) is 37.9 Å². The number of Topliss-reactive ketones (excluding diaryl/α,β-unsaturated/α-hetero) is 2. The number of allylic oxidation sites excluding steroid dienone is 2. The topological polar surface area (TPSA) is 79.9 Å². The van der Waals surface area contributed by atoms with Gasteiger partial charge in [0.2, 0.25) is 0 Å². The maximum atomic E-state index is 15.1. The number of likely N-dealkylation sites (tertiary alicyclic amines) is 1. The maximum absolute atomic E-state index is 15.1. The number of hydrogen-bond acceptors (Lipinski definition) is 4. The predicted molar refractivity (Wildman–Crippen MR) is 149 cm³/mol. The number of fused-ring (bicyclic) bond motifs is 1. The molecule has 204 valence electrons. The summed E-state index contributed by atoms with van der Waals surface area (Å²) in [6.45, 7) is 4.96. The van der Waals surface area contributed by atoms with Gasteiger partial charge in [0.25, 0.3) is 0 Å². The Kier molecular flexibility index (Phi) is 5.83. The number of carbonyl (C=O) groups excluding carboxylic acids is 3. The third-order valence-corrected chi connectivity index (χ3v) is 8.79. The van der Waals surface area contributed by atoms with Crippen molar-refractivity contribution in [1.29, 1.82) is 0 Å². The number of urea groups is 1. The van der Waals surface area contributed by atoms with Crippen LogP contribution < -0.4 is 0 Å². The molecule has 3 aromatic heterocycles. The number of halogens is 1. The second kappa shape index (κ2) is 9.43. The number of amides is 2. The van der Waals surface area contributed by atoms with E-state index in [9.17, 15) is 14.4 Å². The van der Waals surface area contributed by atoms with E-state index in [-0.39, 0.29) is 30.6 Å². The van der Waals surface area contributed by atoms with Crippen molar-refractivity contribution in [3.8, 4) is 0 Å². The normalized spacial score (nSPS) is 18.4. The molecule has 0 N–H and O–H groups in total. The molecule has 3 aliphatic rings. The fourth-order valence-corrected chi connectivity index (χ4v) is 6.67. The van der Waals surface area contributed by atoms with Crippen molar-refractivity contribution < 1.29 is 18.8 Å². The lowest BCUT2D eigenvalue weighted by Crippen LogP contribution is -2.46. The molecular weight excluding hydrogens is 509 g/mol. The summed E-state index contributed by atoms with van der Waals surface area (Å²) in [4.78, 5) is 48.1. The van der Waals surface area contributed by atoms with E-state index in [1.165, 1.54) is 12.1 Å². The van der Waals surface area contributed by atoms with E-state index in [0.29, 0.717) is 58.0 Å². The van der Waals surface area contributed by atoms with Gasteiger partial charge in [-0.05, 0) is 48.6 Å². The standard InChI is InChI=1S/C31H30FN5O3/c1-2-19-6-9-34(10-7-19)31(40)36-12-11-35-18-23(22-14-21(32)13-20(17-36)30(22)35)28-25(38)15-26(39)29(28)24-16-33-27-5-3-4-8-37(24)27/h3-5,8,13-14,16,18-19H,2,6-7,9-12,15,17H2,1H3. The van der Waals surface area contributed by atoms with Gasteiger partial charge < -0.3 is 14.4 Å². The summed E-state index contributed by atoms with van der Waals surface area (Å²) in [6, 6.07) is 8.46. The van der Waals surface area contributed by atoms with Crippen LogP contribution in [0.3, 0.4) is 0 Å². The molecule has 5 heterocycles. The Bertz CT molecular complexity index is 1740. The van der Waals surface area contributed by atoms with Gasteiger partial charge in [0.1, 0.15) is 11.5 Å². The molecule has 0 radical (unpaired) electrons. The zero-order valence-corrected chi connectivity index (χ0v) is 22.4. The Balaban J connectivity index is 1.31. The molecule has 9 heteroatoms. The molecule has 0 saturated carbocycles. The molecule has 7 rings (SSSR count). The SMILES string of the molecule is CCC1CCN(C(=O)N2CCn3cc(C4=C(c5cnc6ccccn56)C(=O)CC4=O)c4cc(F)cc(c43)C2)CC1. The highest BCUT2D eigenvalue weighted by atomic mass is 19.1. The molecule has 1 saturated heterocycles. The molecule has 0 spiro atoms. The Morgan fingerprint density at radius 3 is 2.62 bits per heavy atom. The molecule has 0 atom stereocenters. The number of pyridine rings is 1. The van der Waals surface area contributed by atoms with E-state index >= 15 is 4.39 Å². The van der Waals surface area contributed by atoms with Crippen LogP contribution in [0.15, 0.2) is 48.9 Å². The van der Waals surface area contributed by atoms with E-state index in [1.807, 2.05) is 40.1 Å². The summed E-state index contributed by atoms with van der Waals surface area (Å²) in [5.41, 5.74) is 3.90. The van der Waals surface area contributed by atoms with Crippen LogP contribution >= 0.6 is 0 Å². The molecule has 8 nitrogen and oxygen atoms in total. The largest absolute Gasteiger partial charge is 0.345 e. The molecular formula is C31H30FN5O3. The Labute approximate surface area is 230 Å². The van der Waals surface area contributed by atoms with E-state index < -0.39 is 5.82 Å². The fraction of sp³-hybridized carbons (Fsp3) is 0.355. The summed E-state index contributed by atoms with van der Waals surface area (Å²) < 4.78 is 18.9. The predicted octanol–water partition coefficient (Wildman–Crippen LogP) is 4.94. The summed E-state index contributed by atoms with van der Waals surface area (Å²) >= 11 is 0. The van der Waals surface area contributed by atoms with E-state index in [2.05, 4.69) is 11.9 Å². The van der Waals surface area contributed by atoms with Crippen molar-refractivity contribution in [2.24, 2.45) is 5.92 Å². The van der Waals surface area contributed by atoms with Crippen LogP contribution in [0.1, 0.15) is 49.4 Å². The molecule has 2 amide bonds. The smallest absolute Gasteiger partial charge is 0.320 e. The van der Waals surface area contributed by atoms with Gasteiger partial charge in [-0.1, -0.05) is 19.4 Å². The van der Waals surface area contributed by atoms with Crippen molar-refractivity contribution in [2.75, 3.05) is 19.6 Å². The lowest BCUT2D eigenvalue weighted by molar-refractivity contribution is -0.119. The van der Waals surface area contributed by atoms with Gasteiger partial charge in [-0.3, -0.25) is 14.0 Å². The molecule has 40 heavy (non-hydrogen) atoms. The summed E-state index contributed by atoms with van der Waals surface area (Å²) in [6.07, 6.45) is 8.21. The van der Waals surface area contributed by atoms with Gasteiger partial charge in [-0.15, -0.1) is 0 Å².